The topological polar surface area (TPSA) is 9.23 Å². The van der Waals surface area contributed by atoms with Crippen LogP contribution in [0, 0.1) is 11.8 Å². The fraction of sp³-hybridized carbons (Fsp3) is 0.636. The van der Waals surface area contributed by atoms with E-state index in [2.05, 4.69) is 37.8 Å². The van der Waals surface area contributed by atoms with E-state index in [0.717, 1.165) is 24.4 Å². The van der Waals surface area contributed by atoms with E-state index in [9.17, 15) is 0 Å². The van der Waals surface area contributed by atoms with Gasteiger partial charge in [-0.3, -0.25) is 0 Å². The summed E-state index contributed by atoms with van der Waals surface area (Å²) >= 11 is 0. The number of aryl methyl sites for hydroxylation is 1. The van der Waals surface area contributed by atoms with Crippen LogP contribution in [0.15, 0.2) is 36.9 Å². The van der Waals surface area contributed by atoms with Crippen LogP contribution in [0.5, 0.6) is 0 Å². The van der Waals surface area contributed by atoms with Gasteiger partial charge in [-0.25, -0.2) is 0 Å². The van der Waals surface area contributed by atoms with E-state index in [1.54, 1.807) is 5.56 Å². The maximum Gasteiger partial charge on any atom is 0.0753 e. The molecule has 1 aromatic rings. The lowest BCUT2D eigenvalue weighted by atomic mass is 9.72. The lowest BCUT2D eigenvalue weighted by Crippen LogP contribution is -2.31. The molecule has 0 radical (unpaired) electrons. The van der Waals surface area contributed by atoms with Crippen LogP contribution >= 0.6 is 0 Å². The maximum absolute atomic E-state index is 5.92. The molecule has 2 atom stereocenters. The zero-order chi connectivity index (χ0) is 16.1. The van der Waals surface area contributed by atoms with Gasteiger partial charge in [-0.15, -0.1) is 6.58 Å². The maximum atomic E-state index is 5.92. The van der Waals surface area contributed by atoms with Crippen molar-refractivity contribution in [1.29, 1.82) is 0 Å². The van der Waals surface area contributed by atoms with Crippen molar-refractivity contribution in [3.05, 3.63) is 48.0 Å². The molecule has 2 aliphatic rings. The summed E-state index contributed by atoms with van der Waals surface area (Å²) in [6.07, 6.45) is 12.7. The Labute approximate surface area is 142 Å². The Morgan fingerprint density at radius 1 is 1.00 bits per heavy atom. The van der Waals surface area contributed by atoms with Crippen LogP contribution in [0.1, 0.15) is 68.9 Å². The first-order valence-electron chi connectivity index (χ1n) is 9.63. The van der Waals surface area contributed by atoms with Crippen molar-refractivity contribution < 1.29 is 4.74 Å². The van der Waals surface area contributed by atoms with Crippen LogP contribution in [-0.4, -0.2) is 12.7 Å². The summed E-state index contributed by atoms with van der Waals surface area (Å²) in [5.41, 5.74) is 3.05. The summed E-state index contributed by atoms with van der Waals surface area (Å²) in [5, 5.41) is 0. The van der Waals surface area contributed by atoms with Gasteiger partial charge in [-0.05, 0) is 73.8 Å². The highest BCUT2D eigenvalue weighted by Gasteiger charge is 2.31. The van der Waals surface area contributed by atoms with Crippen LogP contribution in [0.3, 0.4) is 0 Å². The molecule has 1 saturated heterocycles. The van der Waals surface area contributed by atoms with Crippen LogP contribution in [-0.2, 0) is 11.2 Å². The molecule has 1 heteroatoms. The minimum absolute atomic E-state index is 0.309. The van der Waals surface area contributed by atoms with E-state index >= 15 is 0 Å². The third-order valence-corrected chi connectivity index (χ3v) is 6.04. The third kappa shape index (κ3) is 4.26. The molecule has 1 heterocycles. The van der Waals surface area contributed by atoms with E-state index in [4.69, 9.17) is 4.74 Å². The van der Waals surface area contributed by atoms with Crippen LogP contribution in [0.2, 0.25) is 0 Å². The molecule has 1 saturated carbocycles. The molecule has 0 bridgehead atoms. The zero-order valence-corrected chi connectivity index (χ0v) is 14.7. The Hall–Kier alpha value is -1.08. The molecule has 0 amide bonds. The van der Waals surface area contributed by atoms with Gasteiger partial charge in [0.2, 0.25) is 0 Å². The lowest BCUT2D eigenvalue weighted by molar-refractivity contribution is -0.0147. The Kier molecular flexibility index (Phi) is 5.94. The summed E-state index contributed by atoms with van der Waals surface area (Å²) in [6, 6.07) is 9.45. The molecular weight excluding hydrogens is 280 g/mol. The summed E-state index contributed by atoms with van der Waals surface area (Å²) in [5.74, 6) is 2.46. The van der Waals surface area contributed by atoms with Crippen molar-refractivity contribution in [3.8, 4) is 0 Å². The van der Waals surface area contributed by atoms with Gasteiger partial charge in [-0.2, -0.15) is 0 Å². The van der Waals surface area contributed by atoms with Gasteiger partial charge in [0.25, 0.3) is 0 Å². The Balaban J connectivity index is 1.49. The Morgan fingerprint density at radius 2 is 1.70 bits per heavy atom. The molecule has 1 aromatic carbocycles. The second kappa shape index (κ2) is 8.15. The normalized spacial score (nSPS) is 31.7. The lowest BCUT2D eigenvalue weighted by Gasteiger charge is -2.37. The van der Waals surface area contributed by atoms with Crippen LogP contribution < -0.4 is 0 Å². The quantitative estimate of drug-likeness (QED) is 0.616. The summed E-state index contributed by atoms with van der Waals surface area (Å²) in [7, 11) is 0. The van der Waals surface area contributed by atoms with Crippen molar-refractivity contribution in [2.45, 2.75) is 70.3 Å². The highest BCUT2D eigenvalue weighted by Crippen LogP contribution is 2.41. The first kappa shape index (κ1) is 16.8. The van der Waals surface area contributed by atoms with Crippen LogP contribution in [0.25, 0.3) is 0 Å². The Bertz CT molecular complexity index is 473. The molecule has 126 valence electrons. The first-order chi connectivity index (χ1) is 11.3. The molecule has 3 rings (SSSR count). The molecule has 23 heavy (non-hydrogen) atoms. The van der Waals surface area contributed by atoms with E-state index in [1.165, 1.54) is 56.9 Å². The van der Waals surface area contributed by atoms with E-state index < -0.39 is 0 Å². The molecule has 1 nitrogen and oxygen atoms in total. The first-order valence-corrected chi connectivity index (χ1v) is 9.63. The third-order valence-electron chi connectivity index (χ3n) is 6.04. The van der Waals surface area contributed by atoms with Gasteiger partial charge < -0.3 is 4.74 Å². The molecule has 1 aliphatic heterocycles. The molecule has 1 aliphatic carbocycles. The number of rotatable bonds is 5. The van der Waals surface area contributed by atoms with Gasteiger partial charge >= 0.3 is 0 Å². The molecule has 0 spiro atoms. The predicted molar refractivity (Wildman–Crippen MR) is 97.8 cm³/mol. The monoisotopic (exact) mass is 312 g/mol. The summed E-state index contributed by atoms with van der Waals surface area (Å²) in [6.45, 7) is 7.07. The number of hydrogen-bond acceptors (Lipinski definition) is 1. The standard InChI is InChI=1S/C22H32O/c1-3-5-17-6-8-18(9-7-17)19-10-12-20(13-11-19)21-14-15-22(4-2)23-16-21/h4,6-9,19-22H,2-3,5,10-16H2,1H3. The van der Waals surface area contributed by atoms with Gasteiger partial charge in [0.1, 0.15) is 0 Å². The van der Waals surface area contributed by atoms with Crippen molar-refractivity contribution in [2.24, 2.45) is 11.8 Å². The largest absolute Gasteiger partial charge is 0.374 e. The van der Waals surface area contributed by atoms with E-state index in [0.29, 0.717) is 6.10 Å². The average Bonchev–Trinajstić information content (AvgIpc) is 2.63. The predicted octanol–water partition coefficient (Wildman–Crippen LogP) is 5.89. The number of hydrogen-bond donors (Lipinski definition) is 0. The van der Waals surface area contributed by atoms with Gasteiger partial charge in [0.15, 0.2) is 0 Å². The summed E-state index contributed by atoms with van der Waals surface area (Å²) < 4.78 is 5.92. The fourth-order valence-corrected chi connectivity index (χ4v) is 4.52. The molecule has 2 fully saturated rings. The smallest absolute Gasteiger partial charge is 0.0753 e. The fourth-order valence-electron chi connectivity index (χ4n) is 4.52. The highest BCUT2D eigenvalue weighted by molar-refractivity contribution is 5.26. The minimum atomic E-state index is 0.309. The Morgan fingerprint density at radius 3 is 2.26 bits per heavy atom. The van der Waals surface area contributed by atoms with Crippen molar-refractivity contribution in [2.75, 3.05) is 6.61 Å². The van der Waals surface area contributed by atoms with Crippen molar-refractivity contribution >= 4 is 0 Å². The molecule has 2 unspecified atom stereocenters. The van der Waals surface area contributed by atoms with Gasteiger partial charge in [0, 0.05) is 0 Å². The number of ether oxygens (including phenoxy) is 1. The van der Waals surface area contributed by atoms with Gasteiger partial charge in [-0.1, -0.05) is 43.7 Å². The SMILES string of the molecule is C=CC1CCC(C2CCC(c3ccc(CCC)cc3)CC2)CO1. The van der Waals surface area contributed by atoms with E-state index in [-0.39, 0.29) is 0 Å². The van der Waals surface area contributed by atoms with Crippen LogP contribution in [0.4, 0.5) is 0 Å². The summed E-state index contributed by atoms with van der Waals surface area (Å²) in [4.78, 5) is 0. The van der Waals surface area contributed by atoms with Crippen molar-refractivity contribution in [1.82, 2.24) is 0 Å². The van der Waals surface area contributed by atoms with Gasteiger partial charge in [0.05, 0.1) is 12.7 Å². The second-order valence-corrected chi connectivity index (χ2v) is 7.55. The van der Waals surface area contributed by atoms with Crippen molar-refractivity contribution in [3.63, 3.8) is 0 Å². The number of benzene rings is 1. The highest BCUT2D eigenvalue weighted by atomic mass is 16.5. The average molecular weight is 312 g/mol. The zero-order valence-electron chi connectivity index (χ0n) is 14.7. The molecule has 0 N–H and O–H groups in total. The minimum Gasteiger partial charge on any atom is -0.374 e. The van der Waals surface area contributed by atoms with E-state index in [1.807, 2.05) is 6.08 Å². The molecular formula is C22H32O. The second-order valence-electron chi connectivity index (χ2n) is 7.55. The molecule has 0 aromatic heterocycles.